The molecule has 0 radical (unpaired) electrons. The largest absolute Gasteiger partial charge is 0.495 e. The summed E-state index contributed by atoms with van der Waals surface area (Å²) in [6.45, 7) is 5.81. The fourth-order valence-corrected chi connectivity index (χ4v) is 0.204. The van der Waals surface area contributed by atoms with Crippen LogP contribution in [-0.2, 0) is 0 Å². The molecule has 0 aromatic carbocycles. The second kappa shape index (κ2) is 2.57. The van der Waals surface area contributed by atoms with E-state index in [-0.39, 0.29) is 5.88 Å². The molecule has 0 atom stereocenters. The summed E-state index contributed by atoms with van der Waals surface area (Å²) in [5, 5.41) is 10.8. The van der Waals surface area contributed by atoms with Gasteiger partial charge >= 0.3 is 0 Å². The van der Waals surface area contributed by atoms with E-state index >= 15 is 0 Å². The van der Waals surface area contributed by atoms with Crippen molar-refractivity contribution in [1.29, 1.82) is 0 Å². The summed E-state index contributed by atoms with van der Waals surface area (Å²) in [5.41, 5.74) is 0. The van der Waals surface area contributed by atoms with E-state index in [0.29, 0.717) is 0 Å². The molecule has 0 aliphatic rings. The van der Waals surface area contributed by atoms with E-state index in [1.54, 1.807) is 0 Å². The number of aliphatic hydroxyl groups is 1. The van der Waals surface area contributed by atoms with Crippen molar-refractivity contribution in [2.45, 2.75) is 6.92 Å². The van der Waals surface area contributed by atoms with Crippen LogP contribution in [0.5, 0.6) is 0 Å². The topological polar surface area (TPSA) is 32.3 Å². The van der Waals surface area contributed by atoms with Gasteiger partial charge in [-0.05, 0) is 13.5 Å². The lowest BCUT2D eigenvalue weighted by Crippen LogP contribution is -2.09. The van der Waals surface area contributed by atoms with Crippen LogP contribution >= 0.6 is 0 Å². The molecular weight excluding hydrogens is 78.0 g/mol. The van der Waals surface area contributed by atoms with E-state index in [4.69, 9.17) is 5.11 Å². The third-order valence-electron chi connectivity index (χ3n) is 0.381. The van der Waals surface area contributed by atoms with Gasteiger partial charge in [-0.15, -0.1) is 0 Å². The van der Waals surface area contributed by atoms with Crippen molar-refractivity contribution < 1.29 is 5.11 Å². The van der Waals surface area contributed by atoms with E-state index in [0.717, 1.165) is 6.54 Å². The highest BCUT2D eigenvalue weighted by Crippen LogP contribution is 1.66. The first-order chi connectivity index (χ1) is 2.77. The lowest BCUT2D eigenvalue weighted by molar-refractivity contribution is 0.371. The number of hydrogen-bond donors (Lipinski definition) is 2. The maximum Gasteiger partial charge on any atom is 0.176 e. The van der Waals surface area contributed by atoms with Crippen molar-refractivity contribution in [1.82, 2.24) is 5.32 Å². The molecule has 0 saturated heterocycles. The van der Waals surface area contributed by atoms with Gasteiger partial charge in [0.2, 0.25) is 0 Å². The summed E-state index contributed by atoms with van der Waals surface area (Å²) in [6, 6.07) is 0. The first-order valence-electron chi connectivity index (χ1n) is 1.89. The Hall–Kier alpha value is -0.660. The monoisotopic (exact) mass is 87.1 g/mol. The second-order valence-corrected chi connectivity index (χ2v) is 0.977. The highest BCUT2D eigenvalue weighted by molar-refractivity contribution is 4.72. The molecule has 36 valence electrons. The van der Waals surface area contributed by atoms with Crippen molar-refractivity contribution >= 4 is 0 Å². The van der Waals surface area contributed by atoms with E-state index < -0.39 is 0 Å². The Labute approximate surface area is 37.5 Å². The molecule has 0 rings (SSSR count). The Morgan fingerprint density at radius 3 is 2.50 bits per heavy atom. The molecular formula is C4H9NO. The van der Waals surface area contributed by atoms with Crippen molar-refractivity contribution in [3.8, 4) is 0 Å². The van der Waals surface area contributed by atoms with Gasteiger partial charge in [-0.1, -0.05) is 0 Å². The van der Waals surface area contributed by atoms with Crippen LogP contribution in [0.25, 0.3) is 0 Å². The molecule has 0 bridgehead atoms. The van der Waals surface area contributed by atoms with Gasteiger partial charge in [0.15, 0.2) is 5.88 Å². The van der Waals surface area contributed by atoms with Crippen molar-refractivity contribution in [2.24, 2.45) is 0 Å². The van der Waals surface area contributed by atoms with Gasteiger partial charge in [-0.2, -0.15) is 0 Å². The molecule has 2 N–H and O–H groups in total. The van der Waals surface area contributed by atoms with Crippen LogP contribution in [0.3, 0.4) is 0 Å². The van der Waals surface area contributed by atoms with Crippen LogP contribution in [0.1, 0.15) is 6.92 Å². The Morgan fingerprint density at radius 1 is 2.00 bits per heavy atom. The summed E-state index contributed by atoms with van der Waals surface area (Å²) in [5.74, 6) is 0.0394. The summed E-state index contributed by atoms with van der Waals surface area (Å²) < 4.78 is 0. The van der Waals surface area contributed by atoms with Crippen molar-refractivity contribution in [3.05, 3.63) is 12.5 Å². The molecule has 0 aliphatic carbocycles. The first kappa shape index (κ1) is 5.34. The van der Waals surface area contributed by atoms with Gasteiger partial charge in [0, 0.05) is 6.54 Å². The molecule has 0 heterocycles. The molecule has 0 saturated carbocycles. The van der Waals surface area contributed by atoms with Crippen LogP contribution in [0.2, 0.25) is 0 Å². The lowest BCUT2D eigenvalue weighted by atomic mass is 10.7. The van der Waals surface area contributed by atoms with Crippen LogP contribution in [0.15, 0.2) is 12.5 Å². The Kier molecular flexibility index (Phi) is 2.29. The molecule has 2 nitrogen and oxygen atoms in total. The molecule has 0 spiro atoms. The average Bonchev–Trinajstić information content (AvgIpc) is 1.35. The van der Waals surface area contributed by atoms with Crippen LogP contribution in [0, 0.1) is 0 Å². The first-order valence-corrected chi connectivity index (χ1v) is 1.89. The van der Waals surface area contributed by atoms with Crippen LogP contribution in [0.4, 0.5) is 0 Å². The number of hydrogen-bond acceptors (Lipinski definition) is 2. The number of nitrogens with one attached hydrogen (secondary N) is 1. The van der Waals surface area contributed by atoms with Gasteiger partial charge < -0.3 is 10.4 Å². The summed E-state index contributed by atoms with van der Waals surface area (Å²) in [6.07, 6.45) is 0. The van der Waals surface area contributed by atoms with Gasteiger partial charge in [0.25, 0.3) is 0 Å². The van der Waals surface area contributed by atoms with Gasteiger partial charge in [-0.3, -0.25) is 0 Å². The summed E-state index contributed by atoms with van der Waals surface area (Å²) in [4.78, 5) is 0. The zero-order valence-corrected chi connectivity index (χ0v) is 3.86. The zero-order chi connectivity index (χ0) is 4.99. The fraction of sp³-hybridized carbons (Fsp3) is 0.500. The normalized spacial score (nSPS) is 7.50. The maximum absolute atomic E-state index is 8.25. The molecule has 0 aliphatic heterocycles. The molecule has 0 fully saturated rings. The van der Waals surface area contributed by atoms with Crippen LogP contribution in [-0.4, -0.2) is 11.7 Å². The Balaban J connectivity index is 2.83. The van der Waals surface area contributed by atoms with Crippen molar-refractivity contribution in [2.75, 3.05) is 6.54 Å². The fourth-order valence-electron chi connectivity index (χ4n) is 0.204. The lowest BCUT2D eigenvalue weighted by Gasteiger charge is -1.93. The van der Waals surface area contributed by atoms with Crippen molar-refractivity contribution in [3.63, 3.8) is 0 Å². The highest BCUT2D eigenvalue weighted by Gasteiger charge is 1.73. The van der Waals surface area contributed by atoms with Gasteiger partial charge in [-0.25, -0.2) is 0 Å². The van der Waals surface area contributed by atoms with E-state index in [2.05, 4.69) is 11.9 Å². The molecule has 0 unspecified atom stereocenters. The summed E-state index contributed by atoms with van der Waals surface area (Å²) >= 11 is 0. The highest BCUT2D eigenvalue weighted by atomic mass is 16.3. The molecule has 6 heavy (non-hydrogen) atoms. The number of rotatable bonds is 2. The van der Waals surface area contributed by atoms with Gasteiger partial charge in [0.1, 0.15) is 0 Å². The average molecular weight is 87.1 g/mol. The standard InChI is InChI=1S/C4H9NO/c1-3-5-4(2)6/h5-6H,2-3H2,1H3. The third-order valence-corrected chi connectivity index (χ3v) is 0.381. The Morgan fingerprint density at radius 2 is 2.50 bits per heavy atom. The quantitative estimate of drug-likeness (QED) is 0.484. The van der Waals surface area contributed by atoms with E-state index in [1.807, 2.05) is 6.92 Å². The van der Waals surface area contributed by atoms with E-state index in [1.165, 1.54) is 0 Å². The Bertz CT molecular complexity index is 51.5. The SMILES string of the molecule is C=C(O)NCC. The second-order valence-electron chi connectivity index (χ2n) is 0.977. The predicted molar refractivity (Wildman–Crippen MR) is 25.4 cm³/mol. The molecule has 0 amide bonds. The number of aliphatic hydroxyl groups excluding tert-OH is 1. The van der Waals surface area contributed by atoms with E-state index in [9.17, 15) is 0 Å². The molecule has 0 aromatic rings. The summed E-state index contributed by atoms with van der Waals surface area (Å²) in [7, 11) is 0. The smallest absolute Gasteiger partial charge is 0.176 e. The zero-order valence-electron chi connectivity index (χ0n) is 3.86. The minimum atomic E-state index is 0.0394. The van der Waals surface area contributed by atoms with Gasteiger partial charge in [0.05, 0.1) is 0 Å². The minimum absolute atomic E-state index is 0.0394. The molecule has 0 aromatic heterocycles. The van der Waals surface area contributed by atoms with Crippen LogP contribution < -0.4 is 5.32 Å². The third kappa shape index (κ3) is 3.34. The minimum Gasteiger partial charge on any atom is -0.495 e. The maximum atomic E-state index is 8.25. The molecule has 2 heteroatoms. The predicted octanol–water partition coefficient (Wildman–Crippen LogP) is 0.625.